The molecule has 2 rings (SSSR count). The molecule has 92 valence electrons. The molecule has 0 aliphatic heterocycles. The number of hydrogen-bond donors (Lipinski definition) is 1. The minimum Gasteiger partial charge on any atom is -0.446 e. The van der Waals surface area contributed by atoms with E-state index < -0.39 is 0 Å². The van der Waals surface area contributed by atoms with Crippen molar-refractivity contribution in [2.45, 2.75) is 45.4 Å². The number of unbranched alkanes of at least 4 members (excludes halogenated alkanes) is 2. The van der Waals surface area contributed by atoms with Crippen molar-refractivity contribution in [1.82, 2.24) is 9.97 Å². The molecule has 0 fully saturated rings. The second-order valence-corrected chi connectivity index (χ2v) is 4.49. The van der Waals surface area contributed by atoms with Crippen LogP contribution in [0.2, 0.25) is 0 Å². The Bertz CT molecular complexity index is 542. The van der Waals surface area contributed by atoms with E-state index in [1.165, 1.54) is 19.3 Å². The molecule has 0 aliphatic rings. The first-order valence-corrected chi connectivity index (χ1v) is 6.19. The van der Waals surface area contributed by atoms with Crippen LogP contribution in [0.4, 0.5) is 0 Å². The molecule has 4 heteroatoms. The number of furan rings is 1. The van der Waals surface area contributed by atoms with Crippen LogP contribution in [-0.2, 0) is 0 Å². The number of aromatic nitrogens is 2. The van der Waals surface area contributed by atoms with Gasteiger partial charge in [-0.1, -0.05) is 33.1 Å². The summed E-state index contributed by atoms with van der Waals surface area (Å²) in [7, 11) is 0. The standard InChI is InChI=1S/C13H18N2O2/c1-3-4-5-6-9(2)11-10-7-8-17-12(10)15-13(16)14-11/h7-9H,3-6H2,1-2H3,(H,14,15,16). The SMILES string of the molecule is CCCCCC(C)c1[nH]c(=O)nc2occc12. The van der Waals surface area contributed by atoms with Crippen LogP contribution in [0.5, 0.6) is 0 Å². The van der Waals surface area contributed by atoms with Gasteiger partial charge in [0, 0.05) is 5.69 Å². The highest BCUT2D eigenvalue weighted by atomic mass is 16.3. The molecule has 1 unspecified atom stereocenters. The highest BCUT2D eigenvalue weighted by molar-refractivity contribution is 5.76. The van der Waals surface area contributed by atoms with Crippen LogP contribution in [0.1, 0.15) is 51.1 Å². The number of aromatic amines is 1. The minimum absolute atomic E-state index is 0.329. The number of H-pyrrole nitrogens is 1. The van der Waals surface area contributed by atoms with Gasteiger partial charge in [0.1, 0.15) is 0 Å². The Labute approximate surface area is 100 Å². The molecule has 0 saturated heterocycles. The number of fused-ring (bicyclic) bond motifs is 1. The normalized spacial score (nSPS) is 13.1. The predicted octanol–water partition coefficient (Wildman–Crippen LogP) is 3.20. The summed E-state index contributed by atoms with van der Waals surface area (Å²) in [4.78, 5) is 18.0. The Balaban J connectivity index is 2.27. The van der Waals surface area contributed by atoms with E-state index in [9.17, 15) is 4.79 Å². The second kappa shape index (κ2) is 5.17. The fourth-order valence-electron chi connectivity index (χ4n) is 2.13. The van der Waals surface area contributed by atoms with Crippen LogP contribution in [0.3, 0.4) is 0 Å². The van der Waals surface area contributed by atoms with Crippen molar-refractivity contribution in [3.05, 3.63) is 28.5 Å². The summed E-state index contributed by atoms with van der Waals surface area (Å²) in [6.07, 6.45) is 6.28. The van der Waals surface area contributed by atoms with Crippen molar-refractivity contribution in [1.29, 1.82) is 0 Å². The van der Waals surface area contributed by atoms with E-state index in [0.717, 1.165) is 17.5 Å². The second-order valence-electron chi connectivity index (χ2n) is 4.49. The third-order valence-electron chi connectivity index (χ3n) is 3.11. The van der Waals surface area contributed by atoms with E-state index in [2.05, 4.69) is 23.8 Å². The van der Waals surface area contributed by atoms with Gasteiger partial charge in [0.05, 0.1) is 11.6 Å². The van der Waals surface area contributed by atoms with Crippen LogP contribution in [-0.4, -0.2) is 9.97 Å². The quantitative estimate of drug-likeness (QED) is 0.808. The van der Waals surface area contributed by atoms with Crippen LogP contribution in [0.25, 0.3) is 11.1 Å². The molecular formula is C13H18N2O2. The summed E-state index contributed by atoms with van der Waals surface area (Å²) in [5.41, 5.74) is 1.06. The first-order valence-electron chi connectivity index (χ1n) is 6.19. The topological polar surface area (TPSA) is 58.9 Å². The molecule has 4 nitrogen and oxygen atoms in total. The highest BCUT2D eigenvalue weighted by Gasteiger charge is 2.13. The van der Waals surface area contributed by atoms with Gasteiger partial charge in [0.2, 0.25) is 5.71 Å². The molecule has 0 aromatic carbocycles. The van der Waals surface area contributed by atoms with Crippen molar-refractivity contribution in [3.8, 4) is 0 Å². The Kier molecular flexibility index (Phi) is 3.61. The maximum atomic E-state index is 11.4. The molecule has 2 aromatic heterocycles. The van der Waals surface area contributed by atoms with Gasteiger partial charge in [-0.2, -0.15) is 4.98 Å². The lowest BCUT2D eigenvalue weighted by Crippen LogP contribution is -2.14. The zero-order valence-corrected chi connectivity index (χ0v) is 10.3. The predicted molar refractivity (Wildman–Crippen MR) is 67.2 cm³/mol. The van der Waals surface area contributed by atoms with Crippen molar-refractivity contribution in [2.75, 3.05) is 0 Å². The Morgan fingerprint density at radius 3 is 3.06 bits per heavy atom. The van der Waals surface area contributed by atoms with E-state index in [1.807, 2.05) is 6.07 Å². The van der Waals surface area contributed by atoms with Crippen LogP contribution >= 0.6 is 0 Å². The molecule has 0 radical (unpaired) electrons. The van der Waals surface area contributed by atoms with Gasteiger partial charge in [0.15, 0.2) is 0 Å². The van der Waals surface area contributed by atoms with E-state index >= 15 is 0 Å². The Morgan fingerprint density at radius 2 is 2.29 bits per heavy atom. The van der Waals surface area contributed by atoms with E-state index in [0.29, 0.717) is 11.6 Å². The summed E-state index contributed by atoms with van der Waals surface area (Å²) in [6, 6.07) is 1.87. The average molecular weight is 234 g/mol. The third kappa shape index (κ3) is 2.57. The van der Waals surface area contributed by atoms with E-state index in [4.69, 9.17) is 4.42 Å². The smallest absolute Gasteiger partial charge is 0.348 e. The van der Waals surface area contributed by atoms with Crippen molar-refractivity contribution in [2.24, 2.45) is 0 Å². The third-order valence-corrected chi connectivity index (χ3v) is 3.11. The van der Waals surface area contributed by atoms with Crippen LogP contribution in [0.15, 0.2) is 21.5 Å². The van der Waals surface area contributed by atoms with Crippen molar-refractivity contribution < 1.29 is 4.42 Å². The lowest BCUT2D eigenvalue weighted by molar-refractivity contribution is 0.582. The van der Waals surface area contributed by atoms with E-state index in [-0.39, 0.29) is 5.69 Å². The minimum atomic E-state index is -0.329. The summed E-state index contributed by atoms with van der Waals surface area (Å²) in [5.74, 6) is 0.331. The summed E-state index contributed by atoms with van der Waals surface area (Å²) >= 11 is 0. The molecule has 1 N–H and O–H groups in total. The van der Waals surface area contributed by atoms with Gasteiger partial charge >= 0.3 is 5.69 Å². The van der Waals surface area contributed by atoms with Crippen LogP contribution < -0.4 is 5.69 Å². The van der Waals surface area contributed by atoms with Gasteiger partial charge in [-0.25, -0.2) is 4.79 Å². The van der Waals surface area contributed by atoms with Crippen LogP contribution in [0, 0.1) is 0 Å². The number of hydrogen-bond acceptors (Lipinski definition) is 3. The molecular weight excluding hydrogens is 216 g/mol. The zero-order chi connectivity index (χ0) is 12.3. The molecule has 0 bridgehead atoms. The van der Waals surface area contributed by atoms with Crippen molar-refractivity contribution >= 4 is 11.1 Å². The first kappa shape index (κ1) is 11.9. The maximum absolute atomic E-state index is 11.4. The molecule has 2 heterocycles. The fourth-order valence-corrected chi connectivity index (χ4v) is 2.13. The van der Waals surface area contributed by atoms with Gasteiger partial charge in [0.25, 0.3) is 0 Å². The van der Waals surface area contributed by atoms with Gasteiger partial charge < -0.3 is 9.40 Å². The average Bonchev–Trinajstić information content (AvgIpc) is 2.75. The lowest BCUT2D eigenvalue weighted by Gasteiger charge is -2.11. The fraction of sp³-hybridized carbons (Fsp3) is 0.538. The number of rotatable bonds is 5. The monoisotopic (exact) mass is 234 g/mol. The number of nitrogens with zero attached hydrogens (tertiary/aromatic N) is 1. The molecule has 0 saturated carbocycles. The first-order chi connectivity index (χ1) is 8.22. The Morgan fingerprint density at radius 1 is 1.47 bits per heavy atom. The summed E-state index contributed by atoms with van der Waals surface area (Å²) in [5, 5.41) is 0.925. The Hall–Kier alpha value is -1.58. The molecule has 0 aliphatic carbocycles. The zero-order valence-electron chi connectivity index (χ0n) is 10.3. The van der Waals surface area contributed by atoms with Gasteiger partial charge in [-0.15, -0.1) is 0 Å². The molecule has 1 atom stereocenters. The summed E-state index contributed by atoms with van der Waals surface area (Å²) < 4.78 is 5.18. The molecule has 0 spiro atoms. The molecule has 17 heavy (non-hydrogen) atoms. The van der Waals surface area contributed by atoms with Gasteiger partial charge in [-0.05, 0) is 18.4 Å². The summed E-state index contributed by atoms with van der Waals surface area (Å²) in [6.45, 7) is 4.32. The highest BCUT2D eigenvalue weighted by Crippen LogP contribution is 2.25. The van der Waals surface area contributed by atoms with Crippen molar-refractivity contribution in [3.63, 3.8) is 0 Å². The van der Waals surface area contributed by atoms with Gasteiger partial charge in [-0.3, -0.25) is 0 Å². The number of nitrogens with one attached hydrogen (secondary N) is 1. The lowest BCUT2D eigenvalue weighted by atomic mass is 9.98. The molecule has 2 aromatic rings. The van der Waals surface area contributed by atoms with E-state index in [1.54, 1.807) is 6.26 Å². The largest absolute Gasteiger partial charge is 0.446 e. The maximum Gasteiger partial charge on any atom is 0.348 e. The molecule has 0 amide bonds.